The first-order chi connectivity index (χ1) is 42.8. The van der Waals surface area contributed by atoms with Crippen LogP contribution in [-0.2, 0) is 25.7 Å². The van der Waals surface area contributed by atoms with Gasteiger partial charge in [0.2, 0.25) is 0 Å². The molecule has 0 N–H and O–H groups in total. The van der Waals surface area contributed by atoms with Gasteiger partial charge in [-0.05, 0) is 309 Å². The Labute approximate surface area is 546 Å². The van der Waals surface area contributed by atoms with Crippen LogP contribution in [0.15, 0.2) is 188 Å². The van der Waals surface area contributed by atoms with Crippen molar-refractivity contribution in [2.45, 2.75) is 156 Å². The molecule has 0 atom stereocenters. The van der Waals surface area contributed by atoms with Gasteiger partial charge in [0.1, 0.15) is 11.5 Å². The predicted molar refractivity (Wildman–Crippen MR) is 397 cm³/mol. The van der Waals surface area contributed by atoms with Crippen LogP contribution in [0.25, 0.3) is 53.9 Å². The molecule has 0 saturated heterocycles. The van der Waals surface area contributed by atoms with Crippen molar-refractivity contribution < 1.29 is 9.47 Å². The molecule has 0 amide bonds. The van der Waals surface area contributed by atoms with Gasteiger partial charge in [-0.1, -0.05) is 200 Å². The first-order valence-electron chi connectivity index (χ1n) is 32.1. The van der Waals surface area contributed by atoms with Crippen molar-refractivity contribution in [3.8, 4) is 11.5 Å². The summed E-state index contributed by atoms with van der Waals surface area (Å²) in [5.74, 6) is 1.95. The van der Waals surface area contributed by atoms with E-state index in [0.717, 1.165) is 16.5 Å². The highest BCUT2D eigenvalue weighted by Crippen LogP contribution is 2.33. The second-order valence-corrected chi connectivity index (χ2v) is 25.2. The minimum atomic E-state index is 0. The van der Waals surface area contributed by atoms with Crippen LogP contribution in [0.5, 0.6) is 11.5 Å². The van der Waals surface area contributed by atoms with Crippen molar-refractivity contribution in [3.63, 3.8) is 0 Å². The monoisotopic (exact) mass is 1210 g/mol. The first-order valence-corrected chi connectivity index (χ1v) is 32.5. The van der Waals surface area contributed by atoms with Crippen molar-refractivity contribution in [2.75, 3.05) is 14.2 Å². The summed E-state index contributed by atoms with van der Waals surface area (Å²) >= 11 is 6.09. The molecule has 466 valence electrons. The third-order valence-corrected chi connectivity index (χ3v) is 18.8. The fourth-order valence-corrected chi connectivity index (χ4v) is 13.2. The van der Waals surface area contributed by atoms with Crippen LogP contribution in [0.1, 0.15) is 133 Å². The third kappa shape index (κ3) is 17.0. The van der Waals surface area contributed by atoms with Crippen LogP contribution >= 0.6 is 11.6 Å². The first kappa shape index (κ1) is 69.3. The Balaban J connectivity index is 0.000000149. The molecule has 12 aromatic rings. The number of methoxy groups -OCH3 is 2. The molecule has 2 aliphatic carbocycles. The van der Waals surface area contributed by atoms with Crippen LogP contribution in [-0.4, -0.2) is 14.2 Å². The number of aryl methyl sites for hydroxylation is 18. The summed E-state index contributed by atoms with van der Waals surface area (Å²) in [7, 11) is 3.44. The lowest BCUT2D eigenvalue weighted by atomic mass is 9.91. The third-order valence-electron chi connectivity index (χ3n) is 18.4. The number of rotatable bonds is 2. The van der Waals surface area contributed by atoms with Gasteiger partial charge in [0.25, 0.3) is 0 Å². The van der Waals surface area contributed by atoms with Crippen molar-refractivity contribution in [1.29, 1.82) is 0 Å². The van der Waals surface area contributed by atoms with Gasteiger partial charge in [-0.25, -0.2) is 0 Å². The highest BCUT2D eigenvalue weighted by atomic mass is 35.5. The highest BCUT2D eigenvalue weighted by Gasteiger charge is 2.11. The normalized spacial score (nSPS) is 11.8. The van der Waals surface area contributed by atoms with E-state index in [9.17, 15) is 0 Å². The maximum Gasteiger partial charge on any atom is 0.122 e. The highest BCUT2D eigenvalue weighted by molar-refractivity contribution is 6.32. The molecule has 0 bridgehead atoms. The van der Waals surface area contributed by atoms with Crippen molar-refractivity contribution in [2.24, 2.45) is 0 Å². The topological polar surface area (TPSA) is 18.5 Å². The fraction of sp³-hybridized carbons (Fsp3) is 0.287. The van der Waals surface area contributed by atoms with E-state index in [4.69, 9.17) is 21.1 Å². The minimum absolute atomic E-state index is 0. The average molecular weight is 1210 g/mol. The zero-order valence-electron chi connectivity index (χ0n) is 56.2. The number of fused-ring (bicyclic) bond motifs is 7. The molecular formula is C87H99ClO2. The SMILES string of the molecule is C.COc1cc(C)c2ccccc2c1C.COc1cc(C)c2ccccc2c1C.Cc1cc(C)c2ccccc2c1C.Cc1cc(C)c2ccccc2c1C.Cc1cc(Cl)c(C)c2ccccc12.Cc1ccc2c(c1)CCCC2.Cc1ccc2c(c1)CCCC2. The van der Waals surface area contributed by atoms with Gasteiger partial charge in [0, 0.05) is 5.02 Å². The molecule has 14 rings (SSSR count). The van der Waals surface area contributed by atoms with E-state index in [1.807, 2.05) is 12.1 Å². The average Bonchev–Trinajstić information content (AvgIpc) is 1.43. The molecular weight excluding hydrogens is 1110 g/mol. The second kappa shape index (κ2) is 32.5. The summed E-state index contributed by atoms with van der Waals surface area (Å²) in [6.07, 6.45) is 10.7. The Hall–Kier alpha value is -8.17. The Morgan fingerprint density at radius 3 is 0.822 bits per heavy atom. The Morgan fingerprint density at radius 2 is 0.511 bits per heavy atom. The summed E-state index contributed by atoms with van der Waals surface area (Å²) < 4.78 is 10.7. The van der Waals surface area contributed by atoms with Gasteiger partial charge >= 0.3 is 0 Å². The lowest BCUT2D eigenvalue weighted by Gasteiger charge is -2.15. The van der Waals surface area contributed by atoms with Gasteiger partial charge in [0.05, 0.1) is 14.2 Å². The van der Waals surface area contributed by atoms with E-state index >= 15 is 0 Å². The summed E-state index contributed by atoms with van der Waals surface area (Å²) in [4.78, 5) is 0. The van der Waals surface area contributed by atoms with Gasteiger partial charge < -0.3 is 9.47 Å². The molecule has 2 nitrogen and oxygen atoms in total. The van der Waals surface area contributed by atoms with Crippen LogP contribution in [0.3, 0.4) is 0 Å². The molecule has 90 heavy (non-hydrogen) atoms. The second-order valence-electron chi connectivity index (χ2n) is 24.8. The Bertz CT molecular complexity index is 4050. The summed E-state index contributed by atoms with van der Waals surface area (Å²) in [6.45, 7) is 30.0. The molecule has 3 heteroatoms. The molecule has 0 heterocycles. The van der Waals surface area contributed by atoms with Gasteiger partial charge in [-0.3, -0.25) is 0 Å². The van der Waals surface area contributed by atoms with E-state index in [1.165, 1.54) is 183 Å². The molecule has 0 radical (unpaired) electrons. The smallest absolute Gasteiger partial charge is 0.122 e. The van der Waals surface area contributed by atoms with Gasteiger partial charge in [-0.15, -0.1) is 0 Å². The van der Waals surface area contributed by atoms with Crippen molar-refractivity contribution in [1.82, 2.24) is 0 Å². The maximum atomic E-state index is 6.09. The fourth-order valence-electron chi connectivity index (χ4n) is 12.9. The van der Waals surface area contributed by atoms with E-state index in [-0.39, 0.29) is 7.43 Å². The molecule has 2 aliphatic rings. The van der Waals surface area contributed by atoms with Gasteiger partial charge in [-0.2, -0.15) is 0 Å². The molecule has 0 aliphatic heterocycles. The number of hydrogen-bond donors (Lipinski definition) is 0. The number of benzene rings is 12. The van der Waals surface area contributed by atoms with Crippen LogP contribution in [0.2, 0.25) is 5.02 Å². The summed E-state index contributed by atoms with van der Waals surface area (Å²) in [5.41, 5.74) is 24.9. The van der Waals surface area contributed by atoms with Crippen molar-refractivity contribution >= 4 is 65.5 Å². The van der Waals surface area contributed by atoms with Crippen LogP contribution in [0, 0.1) is 96.9 Å². The van der Waals surface area contributed by atoms with Crippen LogP contribution in [0.4, 0.5) is 0 Å². The summed E-state index contributed by atoms with van der Waals surface area (Å²) in [5, 5.41) is 14.1. The largest absolute Gasteiger partial charge is 0.496 e. The number of halogens is 1. The molecule has 0 fully saturated rings. The molecule has 0 spiro atoms. The standard InChI is InChI=1S/2C13H14O.2C13H14.C12H11Cl.2C11H14.CH4/c2*1-9-8-13(14-3)10(2)12-7-5-4-6-11(9)12;2*1-9-8-10(2)12-6-4-5-7-13(12)11(9)3;1-8-7-12(13)9(2)11-6-4-3-5-10(8)11;2*1-9-6-7-10-4-2-3-5-11(10)8-9;/h2*4-8H,1-3H3;2*4-8H,1-3H3;3-7H,1-2H3;2*6-8H,2-5H2,1H3;1H4. The van der Waals surface area contributed by atoms with Crippen LogP contribution < -0.4 is 9.47 Å². The Morgan fingerprint density at radius 1 is 0.256 bits per heavy atom. The zero-order valence-corrected chi connectivity index (χ0v) is 57.0. The van der Waals surface area contributed by atoms with E-state index in [2.05, 4.69) is 273 Å². The van der Waals surface area contributed by atoms with E-state index < -0.39 is 0 Å². The molecule has 0 saturated carbocycles. The minimum Gasteiger partial charge on any atom is -0.496 e. The number of ether oxygens (including phenoxy) is 2. The van der Waals surface area contributed by atoms with Crippen molar-refractivity contribution in [3.05, 3.63) is 293 Å². The Kier molecular flexibility index (Phi) is 25.1. The maximum absolute atomic E-state index is 6.09. The van der Waals surface area contributed by atoms with E-state index in [1.54, 1.807) is 36.5 Å². The predicted octanol–water partition coefficient (Wildman–Crippen LogP) is 25.0. The molecule has 0 unspecified atom stereocenters. The number of hydrogen-bond acceptors (Lipinski definition) is 2. The lowest BCUT2D eigenvalue weighted by Crippen LogP contribution is -2.01. The molecule has 12 aromatic carbocycles. The van der Waals surface area contributed by atoms with Gasteiger partial charge in [0.15, 0.2) is 0 Å². The molecule has 0 aromatic heterocycles. The van der Waals surface area contributed by atoms with E-state index in [0.29, 0.717) is 0 Å². The zero-order chi connectivity index (χ0) is 63.9. The quantitative estimate of drug-likeness (QED) is 0.172. The summed E-state index contributed by atoms with van der Waals surface area (Å²) in [6, 6.07) is 66.9. The lowest BCUT2D eigenvalue weighted by molar-refractivity contribution is 0.412.